The zero-order chi connectivity index (χ0) is 27.5. The lowest BCUT2D eigenvalue weighted by molar-refractivity contribution is -0.384. The molecule has 2 aliphatic heterocycles. The summed E-state index contributed by atoms with van der Waals surface area (Å²) in [5.74, 6) is 0.334. The van der Waals surface area contributed by atoms with Crippen LogP contribution in [-0.2, 0) is 0 Å². The van der Waals surface area contributed by atoms with Crippen molar-refractivity contribution in [3.05, 3.63) is 81.3 Å². The molecule has 3 aromatic rings. The molecule has 2 saturated heterocycles. The first-order chi connectivity index (χ1) is 18.8. The molecule has 2 fully saturated rings. The van der Waals surface area contributed by atoms with Gasteiger partial charge in [-0.3, -0.25) is 19.7 Å². The van der Waals surface area contributed by atoms with Crippen LogP contribution >= 0.6 is 11.6 Å². The van der Waals surface area contributed by atoms with Crippen molar-refractivity contribution in [1.29, 1.82) is 0 Å². The molecule has 39 heavy (non-hydrogen) atoms. The molecular formula is C28H30ClN5O5. The molecule has 2 aliphatic rings. The predicted octanol–water partition coefficient (Wildman–Crippen LogP) is 5.29. The van der Waals surface area contributed by atoms with Gasteiger partial charge in [0.15, 0.2) is 5.76 Å². The number of nitrogens with zero attached hydrogens (tertiary/aromatic N) is 4. The number of halogens is 1. The lowest BCUT2D eigenvalue weighted by Crippen LogP contribution is -2.48. The SMILES string of the molecule is CC1CCN(c2ccc(C(=O)Nc3ccc(N4CCN(C(=O)c5ccco5)CC4)c(Cl)c3)cc2[N+](=O)[O-])CC1. The highest BCUT2D eigenvalue weighted by atomic mass is 35.5. The maximum Gasteiger partial charge on any atom is 0.293 e. The van der Waals surface area contributed by atoms with Crippen LogP contribution in [0.5, 0.6) is 0 Å². The van der Waals surface area contributed by atoms with E-state index in [-0.39, 0.29) is 17.2 Å². The minimum Gasteiger partial charge on any atom is -0.459 e. The Morgan fingerprint density at radius 1 is 0.974 bits per heavy atom. The van der Waals surface area contributed by atoms with Crippen LogP contribution in [0.15, 0.2) is 59.2 Å². The number of furan rings is 1. The fourth-order valence-corrected chi connectivity index (χ4v) is 5.38. The second kappa shape index (κ2) is 11.4. The van der Waals surface area contributed by atoms with E-state index in [1.54, 1.807) is 41.3 Å². The van der Waals surface area contributed by atoms with Gasteiger partial charge in [-0.15, -0.1) is 0 Å². The van der Waals surface area contributed by atoms with Crippen LogP contribution in [-0.4, -0.2) is 60.9 Å². The molecule has 3 heterocycles. The Bertz CT molecular complexity index is 1360. The van der Waals surface area contributed by atoms with Gasteiger partial charge in [0, 0.05) is 56.6 Å². The number of amides is 2. The van der Waals surface area contributed by atoms with Crippen LogP contribution in [0.3, 0.4) is 0 Å². The van der Waals surface area contributed by atoms with Gasteiger partial charge < -0.3 is 24.4 Å². The van der Waals surface area contributed by atoms with Crippen molar-refractivity contribution >= 4 is 46.2 Å². The molecule has 204 valence electrons. The van der Waals surface area contributed by atoms with Crippen molar-refractivity contribution in [3.8, 4) is 0 Å². The van der Waals surface area contributed by atoms with E-state index >= 15 is 0 Å². The number of carbonyl (C=O) groups is 2. The predicted molar refractivity (Wildman–Crippen MR) is 150 cm³/mol. The molecule has 11 heteroatoms. The Balaban J connectivity index is 1.23. The van der Waals surface area contributed by atoms with Gasteiger partial charge >= 0.3 is 0 Å². The second-order valence-electron chi connectivity index (χ2n) is 10.0. The third-order valence-electron chi connectivity index (χ3n) is 7.40. The maximum absolute atomic E-state index is 13.0. The largest absolute Gasteiger partial charge is 0.459 e. The van der Waals surface area contributed by atoms with Gasteiger partial charge in [-0.2, -0.15) is 0 Å². The molecular weight excluding hydrogens is 522 g/mol. The third kappa shape index (κ3) is 5.85. The first-order valence-electron chi connectivity index (χ1n) is 13.0. The Morgan fingerprint density at radius 2 is 1.67 bits per heavy atom. The van der Waals surface area contributed by atoms with E-state index in [1.165, 1.54) is 12.3 Å². The van der Waals surface area contributed by atoms with Gasteiger partial charge in [0.2, 0.25) is 0 Å². The van der Waals surface area contributed by atoms with Gasteiger partial charge in [0.05, 0.1) is 21.9 Å². The number of piperidine rings is 1. The Labute approximate surface area is 231 Å². The number of nitro groups is 1. The highest BCUT2D eigenvalue weighted by molar-refractivity contribution is 6.33. The number of carbonyl (C=O) groups excluding carboxylic acids is 2. The number of benzene rings is 2. The first-order valence-corrected chi connectivity index (χ1v) is 13.4. The van der Waals surface area contributed by atoms with E-state index in [9.17, 15) is 19.7 Å². The molecule has 1 aromatic heterocycles. The molecule has 5 rings (SSSR count). The quantitative estimate of drug-likeness (QED) is 0.327. The van der Waals surface area contributed by atoms with Crippen molar-refractivity contribution in [2.45, 2.75) is 19.8 Å². The maximum atomic E-state index is 13.0. The molecule has 0 aliphatic carbocycles. The molecule has 0 atom stereocenters. The van der Waals surface area contributed by atoms with Crippen molar-refractivity contribution in [3.63, 3.8) is 0 Å². The third-order valence-corrected chi connectivity index (χ3v) is 7.71. The average Bonchev–Trinajstić information content (AvgIpc) is 3.48. The molecule has 0 unspecified atom stereocenters. The summed E-state index contributed by atoms with van der Waals surface area (Å²) in [6, 6.07) is 13.2. The van der Waals surface area contributed by atoms with Crippen LogP contribution in [0, 0.1) is 16.0 Å². The van der Waals surface area contributed by atoms with Crippen LogP contribution in [0.25, 0.3) is 0 Å². The van der Waals surface area contributed by atoms with E-state index in [0.29, 0.717) is 54.3 Å². The van der Waals surface area contributed by atoms with Gasteiger partial charge in [-0.1, -0.05) is 18.5 Å². The number of anilines is 3. The average molecular weight is 552 g/mol. The molecule has 0 bridgehead atoms. The van der Waals surface area contributed by atoms with Crippen LogP contribution in [0.1, 0.15) is 40.7 Å². The van der Waals surface area contributed by atoms with Gasteiger partial charge in [0.25, 0.3) is 17.5 Å². The summed E-state index contributed by atoms with van der Waals surface area (Å²) in [5.41, 5.74) is 1.96. The summed E-state index contributed by atoms with van der Waals surface area (Å²) in [6.07, 6.45) is 3.44. The fraction of sp³-hybridized carbons (Fsp3) is 0.357. The lowest BCUT2D eigenvalue weighted by atomic mass is 9.98. The molecule has 2 aromatic carbocycles. The van der Waals surface area contributed by atoms with Gasteiger partial charge in [-0.25, -0.2) is 0 Å². The number of hydrogen-bond donors (Lipinski definition) is 1. The summed E-state index contributed by atoms with van der Waals surface area (Å²) in [7, 11) is 0. The smallest absolute Gasteiger partial charge is 0.293 e. The zero-order valence-corrected chi connectivity index (χ0v) is 22.4. The standard InChI is InChI=1S/C28H30ClN5O5/c1-19-8-10-31(11-9-19)24-6-4-20(17-25(24)34(37)38)27(35)30-21-5-7-23(22(29)18-21)32-12-14-33(15-13-32)28(36)26-3-2-16-39-26/h2-7,16-19H,8-15H2,1H3,(H,30,35). The van der Waals surface area contributed by atoms with E-state index in [0.717, 1.165) is 31.6 Å². The topological polar surface area (TPSA) is 112 Å². The zero-order valence-electron chi connectivity index (χ0n) is 21.6. The molecule has 0 spiro atoms. The van der Waals surface area contributed by atoms with E-state index in [2.05, 4.69) is 17.1 Å². The van der Waals surface area contributed by atoms with Gasteiger partial charge in [0.1, 0.15) is 5.69 Å². The molecule has 2 amide bonds. The summed E-state index contributed by atoms with van der Waals surface area (Å²) in [6.45, 7) is 5.96. The summed E-state index contributed by atoms with van der Waals surface area (Å²) in [5, 5.41) is 15.1. The fourth-order valence-electron chi connectivity index (χ4n) is 5.08. The minimum atomic E-state index is -0.453. The minimum absolute atomic E-state index is 0.0738. The van der Waals surface area contributed by atoms with Crippen LogP contribution in [0.4, 0.5) is 22.7 Å². The highest BCUT2D eigenvalue weighted by Crippen LogP contribution is 2.33. The second-order valence-corrected chi connectivity index (χ2v) is 10.4. The van der Waals surface area contributed by atoms with Crippen molar-refractivity contribution in [2.24, 2.45) is 5.92 Å². The van der Waals surface area contributed by atoms with Crippen molar-refractivity contribution in [2.75, 3.05) is 54.4 Å². The van der Waals surface area contributed by atoms with E-state index in [4.69, 9.17) is 16.0 Å². The number of hydrogen-bond acceptors (Lipinski definition) is 7. The normalized spacial score (nSPS) is 16.3. The first kappa shape index (κ1) is 26.6. The summed E-state index contributed by atoms with van der Waals surface area (Å²) in [4.78, 5) is 42.7. The highest BCUT2D eigenvalue weighted by Gasteiger charge is 2.26. The van der Waals surface area contributed by atoms with Gasteiger partial charge in [-0.05, 0) is 61.2 Å². The summed E-state index contributed by atoms with van der Waals surface area (Å²) >= 11 is 6.57. The number of nitrogens with one attached hydrogen (secondary N) is 1. The van der Waals surface area contributed by atoms with Crippen molar-refractivity contribution in [1.82, 2.24) is 4.90 Å². The lowest BCUT2D eigenvalue weighted by Gasteiger charge is -2.36. The number of piperazine rings is 1. The Morgan fingerprint density at radius 3 is 2.31 bits per heavy atom. The van der Waals surface area contributed by atoms with E-state index in [1.807, 2.05) is 11.0 Å². The monoisotopic (exact) mass is 551 g/mol. The van der Waals surface area contributed by atoms with E-state index < -0.39 is 10.8 Å². The molecule has 1 N–H and O–H groups in total. The Hall–Kier alpha value is -4.05. The van der Waals surface area contributed by atoms with Crippen LogP contribution in [0.2, 0.25) is 5.02 Å². The molecule has 0 saturated carbocycles. The number of rotatable bonds is 6. The molecule has 10 nitrogen and oxygen atoms in total. The van der Waals surface area contributed by atoms with Crippen LogP contribution < -0.4 is 15.1 Å². The summed E-state index contributed by atoms with van der Waals surface area (Å²) < 4.78 is 5.22. The Kier molecular flexibility index (Phi) is 7.74. The molecule has 0 radical (unpaired) electrons. The van der Waals surface area contributed by atoms with Crippen molar-refractivity contribution < 1.29 is 18.9 Å². The number of nitro benzene ring substituents is 1.